The normalized spacial score (nSPS) is 16.8. The zero-order valence-electron chi connectivity index (χ0n) is 11.0. The molecule has 0 aromatic rings. The number of methoxy groups -OCH3 is 1. The van der Waals surface area contributed by atoms with Gasteiger partial charge in [0, 0.05) is 7.11 Å². The predicted molar refractivity (Wildman–Crippen MR) is 65.8 cm³/mol. The minimum absolute atomic E-state index is 0.0757. The van der Waals surface area contributed by atoms with E-state index in [9.17, 15) is 20.1 Å². The fourth-order valence-corrected chi connectivity index (χ4v) is 2.29. The predicted octanol–water partition coefficient (Wildman–Crippen LogP) is -0.128. The second-order valence-corrected chi connectivity index (χ2v) is 5.00. The molecule has 0 fully saturated rings. The molecule has 0 saturated heterocycles. The van der Waals surface area contributed by atoms with E-state index in [1.807, 2.05) is 0 Å². The summed E-state index contributed by atoms with van der Waals surface area (Å²) in [5.74, 6) is -0.914. The van der Waals surface area contributed by atoms with Gasteiger partial charge < -0.3 is 29.1 Å². The maximum Gasteiger partial charge on any atom is 0.342 e. The summed E-state index contributed by atoms with van der Waals surface area (Å²) >= 11 is 0.255. The summed E-state index contributed by atoms with van der Waals surface area (Å²) in [7, 11) is 2.48. The van der Waals surface area contributed by atoms with Gasteiger partial charge in [0.1, 0.15) is 11.7 Å². The first-order valence-electron chi connectivity index (χ1n) is 5.53. The van der Waals surface area contributed by atoms with Gasteiger partial charge in [-0.1, -0.05) is 6.92 Å². The van der Waals surface area contributed by atoms with Crippen LogP contribution in [0.25, 0.3) is 0 Å². The van der Waals surface area contributed by atoms with Crippen molar-refractivity contribution in [3.63, 3.8) is 0 Å². The van der Waals surface area contributed by atoms with Crippen LogP contribution in [0.5, 0.6) is 0 Å². The van der Waals surface area contributed by atoms with Gasteiger partial charge in [0.15, 0.2) is 0 Å². The van der Waals surface area contributed by atoms with Gasteiger partial charge in [-0.05, 0) is 12.8 Å². The first-order valence-corrected chi connectivity index (χ1v) is 6.27. The average molecular weight is 300 g/mol. The van der Waals surface area contributed by atoms with Gasteiger partial charge in [-0.2, -0.15) is 5.26 Å². The summed E-state index contributed by atoms with van der Waals surface area (Å²) in [5, 5.41) is 35.0. The topological polar surface area (TPSA) is 126 Å². The molecule has 0 radical (unpaired) electrons. The lowest BCUT2D eigenvalue weighted by Crippen LogP contribution is -2.56. The molecule has 0 aliphatic rings. The second-order valence-electron chi connectivity index (χ2n) is 3.90. The Morgan fingerprint density at radius 1 is 1.37 bits per heavy atom. The number of ether oxygens (including phenoxy) is 1. The standard InChI is InChI=1S/C10H20O8S/c1-4-9(16-2,6-5-7(11)18-15)8(12)10(13,14)19-17-3/h8,12-15H,4-6H2,1-3H3. The molecule has 0 aromatic heterocycles. The van der Waals surface area contributed by atoms with Crippen LogP contribution in [0.1, 0.15) is 26.2 Å². The smallest absolute Gasteiger partial charge is 0.342 e. The van der Waals surface area contributed by atoms with Crippen LogP contribution in [0.2, 0.25) is 0 Å². The van der Waals surface area contributed by atoms with Gasteiger partial charge in [-0.25, -0.2) is 4.79 Å². The molecule has 0 aliphatic carbocycles. The van der Waals surface area contributed by atoms with E-state index >= 15 is 0 Å². The first-order chi connectivity index (χ1) is 8.79. The monoisotopic (exact) mass is 300 g/mol. The third-order valence-corrected chi connectivity index (χ3v) is 3.55. The molecule has 4 N–H and O–H groups in total. The Hall–Kier alpha value is -0.420. The number of carbonyl (C=O) groups is 1. The number of hydrogen-bond acceptors (Lipinski definition) is 9. The zero-order chi connectivity index (χ0) is 15.1. The number of hydrogen-bond donors (Lipinski definition) is 4. The van der Waals surface area contributed by atoms with E-state index in [1.54, 1.807) is 6.92 Å². The van der Waals surface area contributed by atoms with Crippen molar-refractivity contribution < 1.29 is 39.2 Å². The lowest BCUT2D eigenvalue weighted by atomic mass is 9.87. The molecular weight excluding hydrogens is 280 g/mol. The number of aliphatic hydroxyl groups is 3. The third kappa shape index (κ3) is 4.88. The Labute approximate surface area is 115 Å². The number of rotatable bonds is 9. The summed E-state index contributed by atoms with van der Waals surface area (Å²) in [6, 6.07) is 0. The number of aliphatic hydroxyl groups excluding tert-OH is 1. The van der Waals surface area contributed by atoms with Crippen LogP contribution in [0.3, 0.4) is 0 Å². The summed E-state index contributed by atoms with van der Waals surface area (Å²) in [6.45, 7) is 1.64. The quantitative estimate of drug-likeness (QED) is 0.199. The van der Waals surface area contributed by atoms with E-state index in [0.717, 1.165) is 0 Å². The summed E-state index contributed by atoms with van der Waals surface area (Å²) < 4.78 is 9.68. The van der Waals surface area contributed by atoms with E-state index in [4.69, 9.17) is 9.99 Å². The number of carbonyl (C=O) groups excluding carboxylic acids is 1. The van der Waals surface area contributed by atoms with Crippen molar-refractivity contribution >= 4 is 18.0 Å². The molecular formula is C10H20O8S. The van der Waals surface area contributed by atoms with Gasteiger partial charge in [0.2, 0.25) is 0 Å². The van der Waals surface area contributed by atoms with Gasteiger partial charge in [0.25, 0.3) is 5.12 Å². The van der Waals surface area contributed by atoms with Crippen molar-refractivity contribution in [1.82, 2.24) is 0 Å². The molecule has 0 amide bonds. The van der Waals surface area contributed by atoms with Crippen molar-refractivity contribution in [2.24, 2.45) is 0 Å². The van der Waals surface area contributed by atoms with Gasteiger partial charge in [-0.3, -0.25) is 0 Å². The van der Waals surface area contributed by atoms with Crippen molar-refractivity contribution in [3.05, 3.63) is 0 Å². The fourth-order valence-electron chi connectivity index (χ4n) is 1.74. The molecule has 0 spiro atoms. The molecule has 2 unspecified atom stereocenters. The van der Waals surface area contributed by atoms with Crippen molar-refractivity contribution in [1.29, 1.82) is 0 Å². The summed E-state index contributed by atoms with van der Waals surface area (Å²) in [6.07, 6.45) is -1.89. The van der Waals surface area contributed by atoms with Crippen LogP contribution in [0.15, 0.2) is 0 Å². The Balaban J connectivity index is 4.99. The van der Waals surface area contributed by atoms with E-state index < -0.39 is 22.8 Å². The highest BCUT2D eigenvalue weighted by Crippen LogP contribution is 2.36. The molecule has 114 valence electrons. The molecule has 0 saturated carbocycles. The Morgan fingerprint density at radius 2 is 1.95 bits per heavy atom. The summed E-state index contributed by atoms with van der Waals surface area (Å²) in [5.41, 5.74) is -1.40. The van der Waals surface area contributed by atoms with Crippen LogP contribution in [0, 0.1) is 0 Å². The first kappa shape index (κ1) is 18.6. The van der Waals surface area contributed by atoms with Crippen molar-refractivity contribution in [3.8, 4) is 0 Å². The molecule has 0 aromatic carbocycles. The van der Waals surface area contributed by atoms with Crippen LogP contribution >= 0.6 is 12.0 Å². The van der Waals surface area contributed by atoms with E-state index in [2.05, 4.69) is 9.07 Å². The minimum atomic E-state index is -2.61. The summed E-state index contributed by atoms with van der Waals surface area (Å²) in [4.78, 5) is 14.4. The minimum Gasteiger partial charge on any atom is -0.383 e. The largest absolute Gasteiger partial charge is 0.383 e. The lowest BCUT2D eigenvalue weighted by molar-refractivity contribution is -0.242. The average Bonchev–Trinajstić information content (AvgIpc) is 2.39. The van der Waals surface area contributed by atoms with Crippen molar-refractivity contribution in [2.75, 3.05) is 14.2 Å². The van der Waals surface area contributed by atoms with Crippen LogP contribution < -0.4 is 0 Å². The Bertz CT molecular complexity index is 279. The molecule has 8 nitrogen and oxygen atoms in total. The van der Waals surface area contributed by atoms with E-state index in [1.165, 1.54) is 14.2 Å². The zero-order valence-corrected chi connectivity index (χ0v) is 11.8. The van der Waals surface area contributed by atoms with Crippen LogP contribution in [-0.2, 0) is 18.6 Å². The second kappa shape index (κ2) is 8.00. The van der Waals surface area contributed by atoms with Crippen molar-refractivity contribution in [2.45, 2.75) is 43.0 Å². The highest BCUT2D eigenvalue weighted by Gasteiger charge is 2.50. The molecule has 2 atom stereocenters. The molecule has 0 heterocycles. The Kier molecular flexibility index (Phi) is 7.82. The molecule has 0 rings (SSSR count). The van der Waals surface area contributed by atoms with Crippen LogP contribution in [0.4, 0.5) is 0 Å². The maximum atomic E-state index is 10.9. The third-order valence-electron chi connectivity index (χ3n) is 2.92. The Morgan fingerprint density at radius 3 is 2.32 bits per heavy atom. The highest BCUT2D eigenvalue weighted by atomic mass is 32.2. The molecule has 9 heteroatoms. The lowest BCUT2D eigenvalue weighted by Gasteiger charge is -2.40. The van der Waals surface area contributed by atoms with Gasteiger partial charge >= 0.3 is 5.97 Å². The van der Waals surface area contributed by atoms with E-state index in [-0.39, 0.29) is 31.3 Å². The van der Waals surface area contributed by atoms with Crippen LogP contribution in [-0.4, -0.2) is 57.6 Å². The molecule has 0 aliphatic heterocycles. The molecule has 0 bridgehead atoms. The molecule has 19 heavy (non-hydrogen) atoms. The maximum absolute atomic E-state index is 10.9. The van der Waals surface area contributed by atoms with E-state index in [0.29, 0.717) is 0 Å². The van der Waals surface area contributed by atoms with Gasteiger partial charge in [0.05, 0.1) is 25.6 Å². The fraction of sp³-hybridized carbons (Fsp3) is 0.900. The van der Waals surface area contributed by atoms with Gasteiger partial charge in [-0.15, -0.1) is 0 Å². The SMILES string of the molecule is CCC(CCC(=O)OO)(OC)C(O)C(O)(O)SOC. The highest BCUT2D eigenvalue weighted by molar-refractivity contribution is 7.95.